The fourth-order valence-electron chi connectivity index (χ4n) is 10.6. The normalized spacial score (nSPS) is 13.8. The van der Waals surface area contributed by atoms with E-state index in [1.807, 2.05) is 71.4 Å². The van der Waals surface area contributed by atoms with E-state index in [0.29, 0.717) is 30.9 Å². The highest BCUT2D eigenvalue weighted by Crippen LogP contribution is 2.46. The van der Waals surface area contributed by atoms with Gasteiger partial charge >= 0.3 is 6.18 Å². The zero-order valence-electron chi connectivity index (χ0n) is 35.6. The van der Waals surface area contributed by atoms with Crippen molar-refractivity contribution in [3.8, 4) is 33.9 Å². The molecule has 0 N–H and O–H groups in total. The maximum atomic E-state index is 13.9. The first kappa shape index (κ1) is 38.4. The van der Waals surface area contributed by atoms with Crippen molar-refractivity contribution in [1.29, 1.82) is 0 Å². The molecule has 7 nitrogen and oxygen atoms in total. The number of aryl methyl sites for hydroxylation is 3. The number of rotatable bonds is 7. The number of halogens is 3. The summed E-state index contributed by atoms with van der Waals surface area (Å²) in [6.07, 6.45) is -2.01. The minimum atomic E-state index is -4.56. The first-order valence-electron chi connectivity index (χ1n) is 22.1. The molecule has 0 amide bonds. The van der Waals surface area contributed by atoms with Gasteiger partial charge in [0.05, 0.1) is 11.1 Å². The number of aromatic nitrogens is 5. The highest BCUT2D eigenvalue weighted by molar-refractivity contribution is 6.11. The van der Waals surface area contributed by atoms with Gasteiger partial charge in [0, 0.05) is 93.8 Å². The van der Waals surface area contributed by atoms with Crippen LogP contribution in [0.1, 0.15) is 22.9 Å². The maximum absolute atomic E-state index is 13.9. The third-order valence-electron chi connectivity index (χ3n) is 13.6. The molecule has 1 unspecified atom stereocenters. The average molecular weight is 871 g/mol. The summed E-state index contributed by atoms with van der Waals surface area (Å²) in [5.41, 5.74) is 12.1. The standard InChI is InChI=1S/C56H39F3N5O2/c1-61-48(33-51(60-61)56(57,58)59)44-18-10-11-29-62(44)30-31-63-42-16-6-2-12-34(42)22-27-45(63)52-36(21-24-39-37-14-4-8-19-49(37)65-54(39)52)32-47-41-26-25-40-38-15-5-9-20-50(38)66-55(40)53(41)46-28-23-35-13-3-7-17-43(35)64(46)47/h2-29,33,47H,30-32H2,1H3/q+3. The van der Waals surface area contributed by atoms with Crippen LogP contribution in [0.3, 0.4) is 0 Å². The lowest BCUT2D eigenvalue weighted by Crippen LogP contribution is -2.47. The Hall–Kier alpha value is -8.11. The molecule has 13 rings (SSSR count). The van der Waals surface area contributed by atoms with Gasteiger partial charge in [0.15, 0.2) is 17.9 Å². The van der Waals surface area contributed by atoms with E-state index in [9.17, 15) is 13.2 Å². The SMILES string of the molecule is Cn1nc(C(F)(F)F)cc1-c1cccc[n+]1CC[n+]1c(-c2c(CC3c4ccc5c(oc6ccccc65)c4-c4ccc5ccccc5[n+]43)ccc3c2oc2ccccc23)ccc2ccccc21. The Kier molecular flexibility index (Phi) is 8.40. The summed E-state index contributed by atoms with van der Waals surface area (Å²) in [5, 5.41) is 10.3. The van der Waals surface area contributed by atoms with Gasteiger partial charge < -0.3 is 8.83 Å². The van der Waals surface area contributed by atoms with Crippen LogP contribution in [-0.4, -0.2) is 9.78 Å². The van der Waals surface area contributed by atoms with E-state index in [-0.39, 0.29) is 6.04 Å². The van der Waals surface area contributed by atoms with E-state index in [4.69, 9.17) is 8.83 Å². The molecule has 10 heteroatoms. The van der Waals surface area contributed by atoms with Crippen LogP contribution in [0.15, 0.2) is 185 Å². The molecule has 0 saturated carbocycles. The predicted molar refractivity (Wildman–Crippen MR) is 249 cm³/mol. The van der Waals surface area contributed by atoms with E-state index in [1.54, 1.807) is 7.05 Å². The molecule has 6 aromatic heterocycles. The van der Waals surface area contributed by atoms with Crippen LogP contribution in [-0.2, 0) is 32.7 Å². The van der Waals surface area contributed by atoms with E-state index in [1.165, 1.54) is 10.2 Å². The van der Waals surface area contributed by atoms with Gasteiger partial charge in [-0.3, -0.25) is 4.68 Å². The Labute approximate surface area is 375 Å². The minimum absolute atomic E-state index is 0.101. The molecule has 1 atom stereocenters. The maximum Gasteiger partial charge on any atom is 0.435 e. The minimum Gasteiger partial charge on any atom is -0.455 e. The quantitative estimate of drug-likeness (QED) is 0.150. The van der Waals surface area contributed by atoms with Gasteiger partial charge in [0.25, 0.3) is 0 Å². The number of furan rings is 2. The fraction of sp³-hybridized carbons (Fsp3) is 0.107. The topological polar surface area (TPSA) is 55.7 Å². The van der Waals surface area contributed by atoms with Crippen LogP contribution in [0, 0.1) is 0 Å². The number of hydrogen-bond acceptors (Lipinski definition) is 3. The van der Waals surface area contributed by atoms with Crippen LogP contribution in [0.25, 0.3) is 99.6 Å². The van der Waals surface area contributed by atoms with Gasteiger partial charge in [0.2, 0.25) is 41.2 Å². The Morgan fingerprint density at radius 1 is 0.576 bits per heavy atom. The fourth-order valence-corrected chi connectivity index (χ4v) is 10.6. The summed E-state index contributed by atoms with van der Waals surface area (Å²) in [7, 11) is 1.55. The Bertz CT molecular complexity index is 3960. The van der Waals surface area contributed by atoms with Gasteiger partial charge in [-0.15, -0.1) is 0 Å². The zero-order valence-corrected chi connectivity index (χ0v) is 35.6. The lowest BCUT2D eigenvalue weighted by molar-refractivity contribution is -0.757. The smallest absolute Gasteiger partial charge is 0.435 e. The molecule has 7 heterocycles. The largest absolute Gasteiger partial charge is 0.455 e. The molecule has 0 radical (unpaired) electrons. The molecule has 0 aliphatic carbocycles. The Morgan fingerprint density at radius 2 is 1.20 bits per heavy atom. The molecule has 6 aromatic carbocycles. The number of fused-ring (bicyclic) bond motifs is 13. The van der Waals surface area contributed by atoms with Crippen LogP contribution in [0.2, 0.25) is 0 Å². The van der Waals surface area contributed by atoms with Crippen LogP contribution >= 0.6 is 0 Å². The Balaban J connectivity index is 1.02. The van der Waals surface area contributed by atoms with Crippen molar-refractivity contribution in [3.05, 3.63) is 193 Å². The lowest BCUT2D eigenvalue weighted by atomic mass is 9.91. The second kappa shape index (κ2) is 14.5. The first-order chi connectivity index (χ1) is 32.3. The summed E-state index contributed by atoms with van der Waals surface area (Å²) < 4.78 is 63.5. The van der Waals surface area contributed by atoms with Gasteiger partial charge in [-0.1, -0.05) is 78.9 Å². The molecule has 1 aliphatic rings. The zero-order chi connectivity index (χ0) is 44.3. The molecule has 318 valence electrons. The third-order valence-corrected chi connectivity index (χ3v) is 13.6. The van der Waals surface area contributed by atoms with Crippen LogP contribution < -0.4 is 13.7 Å². The second-order valence-electron chi connectivity index (χ2n) is 17.2. The molecular weight excluding hydrogens is 832 g/mol. The second-order valence-corrected chi connectivity index (χ2v) is 17.2. The number of hydrogen-bond donors (Lipinski definition) is 0. The molecule has 0 spiro atoms. The predicted octanol–water partition coefficient (Wildman–Crippen LogP) is 12.3. The molecule has 1 aliphatic heterocycles. The van der Waals surface area contributed by atoms with Crippen molar-refractivity contribution in [2.45, 2.75) is 31.7 Å². The van der Waals surface area contributed by atoms with Crippen molar-refractivity contribution in [2.24, 2.45) is 7.05 Å². The number of benzene rings is 6. The number of nitrogens with zero attached hydrogens (tertiary/aromatic N) is 5. The van der Waals surface area contributed by atoms with E-state index in [0.717, 1.165) is 99.8 Å². The summed E-state index contributed by atoms with van der Waals surface area (Å²) in [4.78, 5) is 0. The van der Waals surface area contributed by atoms with Crippen molar-refractivity contribution in [1.82, 2.24) is 9.78 Å². The molecular formula is C56H39F3N5O2+3. The van der Waals surface area contributed by atoms with Crippen molar-refractivity contribution >= 4 is 65.7 Å². The van der Waals surface area contributed by atoms with Crippen molar-refractivity contribution < 1.29 is 35.7 Å². The highest BCUT2D eigenvalue weighted by atomic mass is 19.4. The summed E-state index contributed by atoms with van der Waals surface area (Å²) in [6, 6.07) is 57.7. The van der Waals surface area contributed by atoms with E-state index < -0.39 is 11.9 Å². The number of pyridine rings is 3. The molecule has 0 fully saturated rings. The van der Waals surface area contributed by atoms with Gasteiger partial charge in [-0.05, 0) is 54.1 Å². The summed E-state index contributed by atoms with van der Waals surface area (Å²) >= 11 is 0. The van der Waals surface area contributed by atoms with Gasteiger partial charge in [0.1, 0.15) is 28.0 Å². The first-order valence-corrected chi connectivity index (χ1v) is 22.1. The number of alkyl halides is 3. The van der Waals surface area contributed by atoms with Crippen molar-refractivity contribution in [2.75, 3.05) is 0 Å². The summed E-state index contributed by atoms with van der Waals surface area (Å²) in [5.74, 6) is 0. The molecule has 0 bridgehead atoms. The lowest BCUT2D eigenvalue weighted by Gasteiger charge is -2.15. The molecule has 66 heavy (non-hydrogen) atoms. The van der Waals surface area contributed by atoms with Crippen molar-refractivity contribution in [3.63, 3.8) is 0 Å². The average Bonchev–Trinajstić information content (AvgIpc) is 4.11. The van der Waals surface area contributed by atoms with Crippen LogP contribution in [0.5, 0.6) is 0 Å². The summed E-state index contributed by atoms with van der Waals surface area (Å²) in [6.45, 7) is 0.954. The number of para-hydroxylation sites is 4. The van der Waals surface area contributed by atoms with Gasteiger partial charge in [-0.25, -0.2) is 0 Å². The van der Waals surface area contributed by atoms with Crippen LogP contribution in [0.4, 0.5) is 13.2 Å². The highest BCUT2D eigenvalue weighted by Gasteiger charge is 2.42. The van der Waals surface area contributed by atoms with E-state index >= 15 is 0 Å². The van der Waals surface area contributed by atoms with Gasteiger partial charge in [-0.2, -0.15) is 32.0 Å². The molecule has 12 aromatic rings. The monoisotopic (exact) mass is 870 g/mol. The molecule has 0 saturated heterocycles. The third kappa shape index (κ3) is 5.83. The van der Waals surface area contributed by atoms with E-state index in [2.05, 4.69) is 117 Å². The Morgan fingerprint density at radius 3 is 1.92 bits per heavy atom.